The monoisotopic (exact) mass is 224 g/mol. The molecular formula is C16H16O. The Balaban J connectivity index is 1.99. The van der Waals surface area contributed by atoms with E-state index in [4.69, 9.17) is 0 Å². The highest BCUT2D eigenvalue weighted by Crippen LogP contribution is 2.36. The quantitative estimate of drug-likeness (QED) is 0.717. The average Bonchev–Trinajstić information content (AvgIpc) is 2.69. The average molecular weight is 224 g/mol. The first-order valence-electron chi connectivity index (χ1n) is 6.25. The number of ketones is 1. The second-order valence-corrected chi connectivity index (χ2v) is 5.11. The van der Waals surface area contributed by atoms with Crippen LogP contribution in [0.2, 0.25) is 0 Å². The van der Waals surface area contributed by atoms with Crippen molar-refractivity contribution in [3.8, 4) is 0 Å². The highest BCUT2D eigenvalue weighted by atomic mass is 16.1. The molecule has 0 amide bonds. The Kier molecular flexibility index (Phi) is 2.47. The van der Waals surface area contributed by atoms with Crippen LogP contribution in [0.4, 0.5) is 0 Å². The Morgan fingerprint density at radius 3 is 2.53 bits per heavy atom. The minimum atomic E-state index is 0.242. The molecule has 0 saturated heterocycles. The first kappa shape index (κ1) is 10.5. The van der Waals surface area contributed by atoms with Crippen LogP contribution >= 0.6 is 0 Å². The number of fused-ring (bicyclic) bond motifs is 1. The van der Waals surface area contributed by atoms with Gasteiger partial charge in [-0.3, -0.25) is 4.79 Å². The topological polar surface area (TPSA) is 17.1 Å². The van der Waals surface area contributed by atoms with Crippen molar-refractivity contribution in [1.29, 1.82) is 0 Å². The number of hydrogen-bond acceptors (Lipinski definition) is 1. The van der Waals surface area contributed by atoms with Crippen LogP contribution in [0.1, 0.15) is 31.2 Å². The Labute approximate surface area is 101 Å². The molecule has 0 unspecified atom stereocenters. The molecule has 2 aromatic rings. The predicted molar refractivity (Wildman–Crippen MR) is 70.1 cm³/mol. The van der Waals surface area contributed by atoms with Gasteiger partial charge in [0.05, 0.1) is 0 Å². The normalized spacial score (nSPS) is 24.4. The van der Waals surface area contributed by atoms with Crippen LogP contribution in [0, 0.1) is 5.92 Å². The first-order chi connectivity index (χ1) is 8.24. The lowest BCUT2D eigenvalue weighted by Crippen LogP contribution is -1.98. The molecule has 1 fully saturated rings. The highest BCUT2D eigenvalue weighted by molar-refractivity contribution is 5.86. The van der Waals surface area contributed by atoms with Crippen molar-refractivity contribution in [2.24, 2.45) is 5.92 Å². The standard InChI is InChI=1S/C16H16O/c1-11-8-15(10-16(11)17)14-7-6-12-4-2-3-5-13(12)9-14/h2-7,9,11,15H,8,10H2,1H3/t11-,15+/m1/s1. The van der Waals surface area contributed by atoms with E-state index in [1.807, 2.05) is 6.92 Å². The maximum atomic E-state index is 11.6. The third-order valence-corrected chi connectivity index (χ3v) is 3.88. The van der Waals surface area contributed by atoms with E-state index in [-0.39, 0.29) is 5.92 Å². The Morgan fingerprint density at radius 2 is 1.82 bits per heavy atom. The molecule has 2 atom stereocenters. The third-order valence-electron chi connectivity index (χ3n) is 3.88. The van der Waals surface area contributed by atoms with Crippen LogP contribution in [0.15, 0.2) is 42.5 Å². The number of carbonyl (C=O) groups excluding carboxylic acids is 1. The van der Waals surface area contributed by atoms with E-state index in [0.717, 1.165) is 12.8 Å². The molecule has 17 heavy (non-hydrogen) atoms. The van der Waals surface area contributed by atoms with Gasteiger partial charge in [-0.15, -0.1) is 0 Å². The van der Waals surface area contributed by atoms with Gasteiger partial charge in [-0.25, -0.2) is 0 Å². The number of carbonyl (C=O) groups is 1. The summed E-state index contributed by atoms with van der Waals surface area (Å²) in [6.07, 6.45) is 1.73. The van der Waals surface area contributed by atoms with Gasteiger partial charge < -0.3 is 0 Å². The Hall–Kier alpha value is -1.63. The van der Waals surface area contributed by atoms with Crippen LogP contribution in [0.25, 0.3) is 10.8 Å². The van der Waals surface area contributed by atoms with Crippen molar-refractivity contribution >= 4 is 16.6 Å². The maximum Gasteiger partial charge on any atom is 0.136 e. The van der Waals surface area contributed by atoms with Gasteiger partial charge in [0, 0.05) is 12.3 Å². The SMILES string of the molecule is C[C@@H]1C[C@H](c2ccc3ccccc3c2)CC1=O. The fourth-order valence-electron chi connectivity index (χ4n) is 2.80. The zero-order chi connectivity index (χ0) is 11.8. The molecule has 0 heterocycles. The predicted octanol–water partition coefficient (Wildman–Crippen LogP) is 3.92. The van der Waals surface area contributed by atoms with Crippen molar-refractivity contribution in [3.05, 3.63) is 48.0 Å². The maximum absolute atomic E-state index is 11.6. The van der Waals surface area contributed by atoms with Gasteiger partial charge in [-0.2, -0.15) is 0 Å². The summed E-state index contributed by atoms with van der Waals surface area (Å²) in [6, 6.07) is 15.0. The van der Waals surface area contributed by atoms with Crippen molar-refractivity contribution in [2.75, 3.05) is 0 Å². The number of hydrogen-bond donors (Lipinski definition) is 0. The fourth-order valence-corrected chi connectivity index (χ4v) is 2.80. The molecular weight excluding hydrogens is 208 g/mol. The van der Waals surface area contributed by atoms with Gasteiger partial charge in [0.2, 0.25) is 0 Å². The summed E-state index contributed by atoms with van der Waals surface area (Å²) in [5, 5.41) is 2.55. The summed E-state index contributed by atoms with van der Waals surface area (Å²) < 4.78 is 0. The smallest absolute Gasteiger partial charge is 0.136 e. The minimum Gasteiger partial charge on any atom is -0.299 e. The highest BCUT2D eigenvalue weighted by Gasteiger charge is 2.29. The van der Waals surface area contributed by atoms with E-state index in [2.05, 4.69) is 42.5 Å². The van der Waals surface area contributed by atoms with Crippen molar-refractivity contribution in [3.63, 3.8) is 0 Å². The summed E-state index contributed by atoms with van der Waals surface area (Å²) >= 11 is 0. The molecule has 1 heteroatoms. The molecule has 0 spiro atoms. The molecule has 0 N–H and O–H groups in total. The third kappa shape index (κ3) is 1.86. The lowest BCUT2D eigenvalue weighted by Gasteiger charge is -2.10. The van der Waals surface area contributed by atoms with Crippen LogP contribution < -0.4 is 0 Å². The fraction of sp³-hybridized carbons (Fsp3) is 0.312. The van der Waals surface area contributed by atoms with E-state index in [0.29, 0.717) is 11.7 Å². The molecule has 1 aliphatic rings. The summed E-state index contributed by atoms with van der Waals surface area (Å²) in [6.45, 7) is 2.05. The zero-order valence-corrected chi connectivity index (χ0v) is 10.0. The van der Waals surface area contributed by atoms with Crippen molar-refractivity contribution < 1.29 is 4.79 Å². The van der Waals surface area contributed by atoms with Gasteiger partial charge in [0.1, 0.15) is 5.78 Å². The molecule has 2 aromatic carbocycles. The molecule has 0 aromatic heterocycles. The van der Waals surface area contributed by atoms with Gasteiger partial charge in [-0.05, 0) is 28.7 Å². The number of benzene rings is 2. The van der Waals surface area contributed by atoms with Crippen molar-refractivity contribution in [1.82, 2.24) is 0 Å². The summed E-state index contributed by atoms with van der Waals surface area (Å²) in [7, 11) is 0. The summed E-state index contributed by atoms with van der Waals surface area (Å²) in [4.78, 5) is 11.6. The zero-order valence-electron chi connectivity index (χ0n) is 10.0. The van der Waals surface area contributed by atoms with Crippen molar-refractivity contribution in [2.45, 2.75) is 25.7 Å². The molecule has 1 nitrogen and oxygen atoms in total. The lowest BCUT2D eigenvalue weighted by atomic mass is 9.94. The largest absolute Gasteiger partial charge is 0.299 e. The van der Waals surface area contributed by atoms with E-state index in [1.165, 1.54) is 16.3 Å². The molecule has 1 saturated carbocycles. The van der Waals surface area contributed by atoms with Gasteiger partial charge >= 0.3 is 0 Å². The van der Waals surface area contributed by atoms with Gasteiger partial charge in [0.25, 0.3) is 0 Å². The second kappa shape index (κ2) is 3.99. The van der Waals surface area contributed by atoms with E-state index >= 15 is 0 Å². The van der Waals surface area contributed by atoms with E-state index in [1.54, 1.807) is 0 Å². The molecule has 1 aliphatic carbocycles. The van der Waals surface area contributed by atoms with E-state index < -0.39 is 0 Å². The van der Waals surface area contributed by atoms with E-state index in [9.17, 15) is 4.79 Å². The first-order valence-corrected chi connectivity index (χ1v) is 6.25. The lowest BCUT2D eigenvalue weighted by molar-refractivity contribution is -0.120. The van der Waals surface area contributed by atoms with Gasteiger partial charge in [-0.1, -0.05) is 49.4 Å². The number of Topliss-reactive ketones (excluding diaryl/α,β-unsaturated/α-hetero) is 1. The number of rotatable bonds is 1. The van der Waals surface area contributed by atoms with Crippen LogP contribution in [-0.4, -0.2) is 5.78 Å². The Bertz CT molecular complexity index is 571. The molecule has 0 bridgehead atoms. The minimum absolute atomic E-state index is 0.242. The van der Waals surface area contributed by atoms with Gasteiger partial charge in [0.15, 0.2) is 0 Å². The molecule has 0 radical (unpaired) electrons. The summed E-state index contributed by atoms with van der Waals surface area (Å²) in [5.41, 5.74) is 1.32. The molecule has 86 valence electrons. The van der Waals surface area contributed by atoms with Crippen LogP contribution in [-0.2, 0) is 4.79 Å². The Morgan fingerprint density at radius 1 is 1.06 bits per heavy atom. The summed E-state index contributed by atoms with van der Waals surface area (Å²) in [5.74, 6) is 1.09. The van der Waals surface area contributed by atoms with Crippen LogP contribution in [0.5, 0.6) is 0 Å². The molecule has 3 rings (SSSR count). The second-order valence-electron chi connectivity index (χ2n) is 5.11. The molecule has 0 aliphatic heterocycles. The van der Waals surface area contributed by atoms with Crippen LogP contribution in [0.3, 0.4) is 0 Å².